The van der Waals surface area contributed by atoms with Crippen molar-refractivity contribution in [3.63, 3.8) is 0 Å². The van der Waals surface area contributed by atoms with E-state index in [1.807, 2.05) is 13.0 Å². The van der Waals surface area contributed by atoms with Crippen molar-refractivity contribution in [2.75, 3.05) is 25.6 Å². The highest BCUT2D eigenvalue weighted by Crippen LogP contribution is 2.36. The molecule has 5 nitrogen and oxygen atoms in total. The Hall–Kier alpha value is -2.40. The first-order valence-corrected chi connectivity index (χ1v) is 8.01. The van der Waals surface area contributed by atoms with E-state index in [9.17, 15) is 4.79 Å². The smallest absolute Gasteiger partial charge is 0.259 e. The summed E-state index contributed by atoms with van der Waals surface area (Å²) in [5, 5.41) is 3.42. The van der Waals surface area contributed by atoms with Crippen LogP contribution in [0.2, 0.25) is 5.02 Å². The van der Waals surface area contributed by atoms with Crippen molar-refractivity contribution in [1.29, 1.82) is 0 Å². The second-order valence-electron chi connectivity index (χ2n) is 5.47. The average molecular weight is 348 g/mol. The lowest BCUT2D eigenvalue weighted by molar-refractivity contribution is 0.102. The summed E-state index contributed by atoms with van der Waals surface area (Å²) in [6.07, 6.45) is 0.792. The molecule has 1 N–H and O–H groups in total. The molecule has 0 saturated carbocycles. The summed E-state index contributed by atoms with van der Waals surface area (Å²) in [5.74, 6) is 1.25. The molecule has 0 aromatic heterocycles. The number of carbonyl (C=O) groups excluding carboxylic acids is 1. The highest BCUT2D eigenvalue weighted by atomic mass is 35.5. The molecule has 0 spiro atoms. The van der Waals surface area contributed by atoms with Gasteiger partial charge in [0.1, 0.15) is 5.75 Å². The Balaban J connectivity index is 1.90. The molecular weight excluding hydrogens is 330 g/mol. The minimum absolute atomic E-state index is 0.303. The highest BCUT2D eigenvalue weighted by Gasteiger charge is 2.20. The van der Waals surface area contributed by atoms with Gasteiger partial charge in [-0.15, -0.1) is 0 Å². The number of benzene rings is 2. The van der Waals surface area contributed by atoms with Crippen molar-refractivity contribution in [2.45, 2.75) is 13.3 Å². The topological polar surface area (TPSA) is 56.8 Å². The molecular formula is C18H18ClNO4. The fourth-order valence-electron chi connectivity index (χ4n) is 2.41. The summed E-state index contributed by atoms with van der Waals surface area (Å²) in [6, 6.07) is 8.68. The van der Waals surface area contributed by atoms with Gasteiger partial charge in [-0.1, -0.05) is 17.7 Å². The third-order valence-corrected chi connectivity index (χ3v) is 4.15. The van der Waals surface area contributed by atoms with Gasteiger partial charge in [-0.2, -0.15) is 0 Å². The van der Waals surface area contributed by atoms with Gasteiger partial charge in [0.05, 0.1) is 25.9 Å². The van der Waals surface area contributed by atoms with E-state index in [4.69, 9.17) is 25.8 Å². The zero-order valence-corrected chi connectivity index (χ0v) is 14.3. The van der Waals surface area contributed by atoms with Gasteiger partial charge in [-0.25, -0.2) is 0 Å². The molecule has 0 aliphatic carbocycles. The Morgan fingerprint density at radius 3 is 2.54 bits per heavy atom. The summed E-state index contributed by atoms with van der Waals surface area (Å²) in [7, 11) is 1.51. The fraction of sp³-hybridized carbons (Fsp3) is 0.278. The molecule has 0 bridgehead atoms. The molecule has 3 rings (SSSR count). The van der Waals surface area contributed by atoms with Crippen LogP contribution < -0.4 is 19.5 Å². The number of hydrogen-bond acceptors (Lipinski definition) is 4. The van der Waals surface area contributed by atoms with Crippen molar-refractivity contribution >= 4 is 23.2 Å². The monoisotopic (exact) mass is 347 g/mol. The predicted molar refractivity (Wildman–Crippen MR) is 92.7 cm³/mol. The molecule has 126 valence electrons. The lowest BCUT2D eigenvalue weighted by Crippen LogP contribution is -2.13. The van der Waals surface area contributed by atoms with Crippen molar-refractivity contribution in [2.24, 2.45) is 0 Å². The van der Waals surface area contributed by atoms with Crippen LogP contribution in [0.1, 0.15) is 22.3 Å². The zero-order valence-electron chi connectivity index (χ0n) is 13.5. The number of carbonyl (C=O) groups is 1. The van der Waals surface area contributed by atoms with E-state index < -0.39 is 0 Å². The molecule has 0 atom stereocenters. The quantitative estimate of drug-likeness (QED) is 0.909. The molecule has 24 heavy (non-hydrogen) atoms. The van der Waals surface area contributed by atoms with Gasteiger partial charge in [0.15, 0.2) is 11.5 Å². The first-order chi connectivity index (χ1) is 11.6. The first kappa shape index (κ1) is 16.5. The Labute approximate surface area is 145 Å². The number of aryl methyl sites for hydroxylation is 1. The van der Waals surface area contributed by atoms with Gasteiger partial charge >= 0.3 is 0 Å². The van der Waals surface area contributed by atoms with E-state index >= 15 is 0 Å². The number of amides is 1. The number of rotatable bonds is 3. The van der Waals surface area contributed by atoms with Crippen LogP contribution in [-0.2, 0) is 0 Å². The largest absolute Gasteiger partial charge is 0.496 e. The van der Waals surface area contributed by atoms with Crippen LogP contribution in [-0.4, -0.2) is 26.2 Å². The number of methoxy groups -OCH3 is 1. The molecule has 1 aliphatic rings. The maximum absolute atomic E-state index is 12.6. The fourth-order valence-corrected chi connectivity index (χ4v) is 2.59. The van der Waals surface area contributed by atoms with Crippen LogP contribution in [0.5, 0.6) is 17.2 Å². The molecule has 6 heteroatoms. The number of halogens is 1. The normalized spacial score (nSPS) is 13.1. The highest BCUT2D eigenvalue weighted by molar-refractivity contribution is 6.31. The van der Waals surface area contributed by atoms with Crippen molar-refractivity contribution in [3.05, 3.63) is 46.5 Å². The lowest BCUT2D eigenvalue weighted by Gasteiger charge is -2.14. The number of hydrogen-bond donors (Lipinski definition) is 1. The molecule has 2 aromatic carbocycles. The van der Waals surface area contributed by atoms with Gasteiger partial charge in [-0.3, -0.25) is 4.79 Å². The second kappa shape index (κ2) is 7.01. The maximum atomic E-state index is 12.6. The Morgan fingerprint density at radius 2 is 1.88 bits per heavy atom. The predicted octanol–water partition coefficient (Wildman–Crippen LogP) is 4.07. The van der Waals surface area contributed by atoms with Crippen LogP contribution in [0.3, 0.4) is 0 Å². The van der Waals surface area contributed by atoms with Gasteiger partial charge < -0.3 is 19.5 Å². The molecule has 1 heterocycles. The number of ether oxygens (including phenoxy) is 3. The minimum Gasteiger partial charge on any atom is -0.496 e. The number of fused-ring (bicyclic) bond motifs is 1. The van der Waals surface area contributed by atoms with Crippen LogP contribution in [0, 0.1) is 6.92 Å². The Morgan fingerprint density at radius 1 is 1.17 bits per heavy atom. The molecule has 0 unspecified atom stereocenters. The van der Waals surface area contributed by atoms with Gasteiger partial charge in [0, 0.05) is 29.3 Å². The molecule has 1 amide bonds. The SMILES string of the molecule is COc1cc2c(cc1C(=O)Nc1ccc(C)c(Cl)c1)OCCCO2. The molecule has 2 aromatic rings. The Kier molecular flexibility index (Phi) is 4.81. The van der Waals surface area contributed by atoms with Crippen molar-refractivity contribution < 1.29 is 19.0 Å². The minimum atomic E-state index is -0.303. The second-order valence-corrected chi connectivity index (χ2v) is 5.87. The molecule has 1 aliphatic heterocycles. The van der Waals surface area contributed by atoms with Gasteiger partial charge in [0.2, 0.25) is 0 Å². The Bertz CT molecular complexity index is 776. The van der Waals surface area contributed by atoms with E-state index in [0.29, 0.717) is 46.7 Å². The summed E-state index contributed by atoms with van der Waals surface area (Å²) in [5.41, 5.74) is 1.94. The van der Waals surface area contributed by atoms with Gasteiger partial charge in [-0.05, 0) is 24.6 Å². The third kappa shape index (κ3) is 3.41. The summed E-state index contributed by atoms with van der Waals surface area (Å²) in [4.78, 5) is 12.6. The average Bonchev–Trinajstić information content (AvgIpc) is 2.81. The maximum Gasteiger partial charge on any atom is 0.259 e. The van der Waals surface area contributed by atoms with Crippen LogP contribution in [0.25, 0.3) is 0 Å². The van der Waals surface area contributed by atoms with E-state index in [2.05, 4.69) is 5.32 Å². The standard InChI is InChI=1S/C18H18ClNO4/c1-11-4-5-12(8-14(11)19)20-18(21)13-9-16-17(10-15(13)22-2)24-7-3-6-23-16/h4-5,8-10H,3,6-7H2,1-2H3,(H,20,21). The molecule has 0 saturated heterocycles. The van der Waals surface area contributed by atoms with Crippen molar-refractivity contribution in [3.8, 4) is 17.2 Å². The van der Waals surface area contributed by atoms with E-state index in [1.165, 1.54) is 7.11 Å². The third-order valence-electron chi connectivity index (χ3n) is 3.74. The number of anilines is 1. The first-order valence-electron chi connectivity index (χ1n) is 7.63. The van der Waals surface area contributed by atoms with Gasteiger partial charge in [0.25, 0.3) is 5.91 Å². The van der Waals surface area contributed by atoms with E-state index in [0.717, 1.165) is 12.0 Å². The van der Waals surface area contributed by atoms with E-state index in [1.54, 1.807) is 24.3 Å². The summed E-state index contributed by atoms with van der Waals surface area (Å²) >= 11 is 6.10. The summed E-state index contributed by atoms with van der Waals surface area (Å²) in [6.45, 7) is 3.03. The number of nitrogens with one attached hydrogen (secondary N) is 1. The van der Waals surface area contributed by atoms with E-state index in [-0.39, 0.29) is 5.91 Å². The molecule has 0 radical (unpaired) electrons. The zero-order chi connectivity index (χ0) is 17.1. The summed E-state index contributed by atoms with van der Waals surface area (Å²) < 4.78 is 16.6. The van der Waals surface area contributed by atoms with Crippen LogP contribution in [0.15, 0.2) is 30.3 Å². The van der Waals surface area contributed by atoms with Crippen molar-refractivity contribution in [1.82, 2.24) is 0 Å². The van der Waals surface area contributed by atoms with Crippen LogP contribution in [0.4, 0.5) is 5.69 Å². The lowest BCUT2D eigenvalue weighted by atomic mass is 10.1. The van der Waals surface area contributed by atoms with Crippen LogP contribution >= 0.6 is 11.6 Å². The molecule has 0 fully saturated rings.